The third-order valence-electron chi connectivity index (χ3n) is 0. The van der Waals surface area contributed by atoms with Gasteiger partial charge in [0.15, 0.2) is 0 Å². The molecule has 9 N–H and O–H groups in total. The molecule has 10 nitrogen and oxygen atoms in total. The van der Waals surface area contributed by atoms with Gasteiger partial charge in [0.05, 0.1) is 0 Å². The van der Waals surface area contributed by atoms with E-state index < -0.39 is 20.8 Å². The van der Waals surface area contributed by atoms with Crippen LogP contribution in [0.25, 0.3) is 0 Å². The molecule has 0 aromatic heterocycles. The molecule has 80 valence electrons. The molecule has 0 aliphatic carbocycles. The molecular weight excluding hydrogens is 243 g/mol. The SMILES string of the molecule is O=S(=O)([O-])O.O=S(=O)([O-])[O-].[NH4+].[NH4+].[Na+]. The summed E-state index contributed by atoms with van der Waals surface area (Å²) >= 11 is 0. The summed E-state index contributed by atoms with van der Waals surface area (Å²) in [7, 11) is -10.1. The average molecular weight is 252 g/mol. The molecule has 13 heteroatoms. The number of hydrogen-bond acceptors (Lipinski definition) is 7. The predicted octanol–water partition coefficient (Wildman–Crippen LogP) is -4.58. The zero-order chi connectivity index (χ0) is 9.00. The van der Waals surface area contributed by atoms with Gasteiger partial charge in [-0.05, 0) is 0 Å². The van der Waals surface area contributed by atoms with Crippen molar-refractivity contribution >= 4 is 20.8 Å². The van der Waals surface area contributed by atoms with Crippen LogP contribution in [0, 0.1) is 0 Å². The van der Waals surface area contributed by atoms with Gasteiger partial charge in [0, 0.05) is 10.4 Å². The smallest absolute Gasteiger partial charge is 0.759 e. The first-order chi connectivity index (χ1) is 4.00. The van der Waals surface area contributed by atoms with Gasteiger partial charge in [-0.2, -0.15) is 0 Å². The zero-order valence-corrected chi connectivity index (χ0v) is 10.8. The topological polar surface area (TPSA) is 231 Å². The van der Waals surface area contributed by atoms with Crippen LogP contribution in [0.5, 0.6) is 0 Å². The van der Waals surface area contributed by atoms with Gasteiger partial charge in [-0.25, -0.2) is 8.42 Å². The van der Waals surface area contributed by atoms with Crippen molar-refractivity contribution in [3.05, 3.63) is 0 Å². The molecule has 0 spiro atoms. The fourth-order valence-corrected chi connectivity index (χ4v) is 0. The second kappa shape index (κ2) is 10.7. The maximum atomic E-state index is 8.63. The first-order valence-corrected chi connectivity index (χ1v) is 4.05. The Hall–Kier alpha value is 0.660. The average Bonchev–Trinajstić information content (AvgIpc) is 1.12. The van der Waals surface area contributed by atoms with E-state index in [9.17, 15) is 0 Å². The van der Waals surface area contributed by atoms with Crippen molar-refractivity contribution in [1.82, 2.24) is 12.3 Å². The van der Waals surface area contributed by atoms with Crippen molar-refractivity contribution in [3.63, 3.8) is 0 Å². The number of hydrogen-bond donors (Lipinski definition) is 3. The van der Waals surface area contributed by atoms with Crippen molar-refractivity contribution in [2.75, 3.05) is 0 Å². The Bertz CT molecular complexity index is 217. The molecule has 0 atom stereocenters. The van der Waals surface area contributed by atoms with Crippen LogP contribution >= 0.6 is 0 Å². The molecule has 0 aliphatic rings. The normalized spacial score (nSPS) is 8.92. The Morgan fingerprint density at radius 1 is 0.846 bits per heavy atom. The zero-order valence-electron chi connectivity index (χ0n) is 7.12. The Labute approximate surface area is 97.3 Å². The monoisotopic (exact) mass is 252 g/mol. The Morgan fingerprint density at radius 3 is 0.846 bits per heavy atom. The maximum absolute atomic E-state index is 8.63. The van der Waals surface area contributed by atoms with Gasteiger partial charge in [0.25, 0.3) is 0 Å². The fraction of sp³-hybridized carbons (Fsp3) is 0. The minimum Gasteiger partial charge on any atom is -0.759 e. The summed E-state index contributed by atoms with van der Waals surface area (Å²) in [5.74, 6) is 0. The van der Waals surface area contributed by atoms with Crippen molar-refractivity contribution in [2.24, 2.45) is 0 Å². The van der Waals surface area contributed by atoms with E-state index in [1.165, 1.54) is 0 Å². The van der Waals surface area contributed by atoms with Crippen LogP contribution in [-0.4, -0.2) is 35.0 Å². The molecule has 0 aromatic carbocycles. The maximum Gasteiger partial charge on any atom is 1.00 e. The molecule has 0 rings (SSSR count). The van der Waals surface area contributed by atoms with Gasteiger partial charge in [-0.3, -0.25) is 13.0 Å². The molecule has 0 aromatic rings. The van der Waals surface area contributed by atoms with Crippen LogP contribution in [0.2, 0.25) is 0 Å². The second-order valence-electron chi connectivity index (χ2n) is 0.836. The second-order valence-corrected chi connectivity index (χ2v) is 2.51. The van der Waals surface area contributed by atoms with Crippen LogP contribution in [0.15, 0.2) is 0 Å². The molecule has 0 radical (unpaired) electrons. The van der Waals surface area contributed by atoms with Crippen molar-refractivity contribution in [3.8, 4) is 0 Å². The van der Waals surface area contributed by atoms with E-state index in [1.54, 1.807) is 0 Å². The first-order valence-electron chi connectivity index (χ1n) is 1.35. The van der Waals surface area contributed by atoms with Crippen LogP contribution in [0.3, 0.4) is 0 Å². The summed E-state index contributed by atoms with van der Waals surface area (Å²) < 4.78 is 66.9. The third-order valence-corrected chi connectivity index (χ3v) is 0. The first kappa shape index (κ1) is 29.2. The Balaban J connectivity index is -0.0000000267. The quantitative estimate of drug-likeness (QED) is 0.215. The van der Waals surface area contributed by atoms with E-state index >= 15 is 0 Å². The molecule has 13 heavy (non-hydrogen) atoms. The molecule has 0 aliphatic heterocycles. The van der Waals surface area contributed by atoms with Crippen molar-refractivity contribution in [1.29, 1.82) is 0 Å². The van der Waals surface area contributed by atoms with E-state index in [0.29, 0.717) is 0 Å². The van der Waals surface area contributed by atoms with Gasteiger partial charge in [0.2, 0.25) is 10.4 Å². The van der Waals surface area contributed by atoms with Crippen molar-refractivity contribution in [2.45, 2.75) is 0 Å². The summed E-state index contributed by atoms with van der Waals surface area (Å²) in [4.78, 5) is 0. The molecule has 0 fully saturated rings. The van der Waals surface area contributed by atoms with Gasteiger partial charge in [0.1, 0.15) is 0 Å². The van der Waals surface area contributed by atoms with Crippen LogP contribution in [-0.2, 0) is 20.8 Å². The molecular formula is H9N2NaO8S2. The van der Waals surface area contributed by atoms with E-state index in [4.69, 9.17) is 35.0 Å². The molecule has 0 bridgehead atoms. The minimum absolute atomic E-state index is 0. The summed E-state index contributed by atoms with van der Waals surface area (Å²) in [6.07, 6.45) is 0. The summed E-state index contributed by atoms with van der Waals surface area (Å²) in [6, 6.07) is 0. The third kappa shape index (κ3) is 3300. The van der Waals surface area contributed by atoms with E-state index in [0.717, 1.165) is 0 Å². The van der Waals surface area contributed by atoms with E-state index in [2.05, 4.69) is 0 Å². The largest absolute Gasteiger partial charge is 1.00 e. The molecule has 0 heterocycles. The minimum atomic E-state index is -5.17. The van der Waals surface area contributed by atoms with Crippen molar-refractivity contribution < 1.29 is 64.6 Å². The molecule has 0 amide bonds. The number of rotatable bonds is 0. The summed E-state index contributed by atoms with van der Waals surface area (Å²) in [6.45, 7) is 0. The van der Waals surface area contributed by atoms with Gasteiger partial charge in [-0.15, -0.1) is 0 Å². The summed E-state index contributed by atoms with van der Waals surface area (Å²) in [5, 5.41) is 0. The van der Waals surface area contributed by atoms with Gasteiger partial charge in [-0.1, -0.05) is 0 Å². The Kier molecular flexibility index (Phi) is 24.1. The molecule has 0 saturated carbocycles. The van der Waals surface area contributed by atoms with E-state index in [1.807, 2.05) is 0 Å². The van der Waals surface area contributed by atoms with Crippen LogP contribution < -0.4 is 41.9 Å². The Morgan fingerprint density at radius 2 is 0.846 bits per heavy atom. The standard InChI is InChI=1S/2H3N.Na.2H2O4S/c;;;2*1-5(2,3)4/h2*1H3;;2*(H2,1,2,3,4)/q;;+1;;/p-1. The van der Waals surface area contributed by atoms with Gasteiger partial charge >= 0.3 is 29.6 Å². The number of quaternary nitrogens is 2. The molecule has 0 unspecified atom stereocenters. The summed E-state index contributed by atoms with van der Waals surface area (Å²) in [5.41, 5.74) is 0. The fourth-order valence-electron chi connectivity index (χ4n) is 0. The van der Waals surface area contributed by atoms with E-state index in [-0.39, 0.29) is 41.9 Å². The van der Waals surface area contributed by atoms with Gasteiger partial charge < -0.3 is 26.0 Å². The van der Waals surface area contributed by atoms with Crippen LogP contribution in [0.1, 0.15) is 0 Å². The van der Waals surface area contributed by atoms with Crippen LogP contribution in [0.4, 0.5) is 0 Å². The predicted molar refractivity (Wildman–Crippen MR) is 34.8 cm³/mol. The molecule has 0 saturated heterocycles.